The second-order valence-electron chi connectivity index (χ2n) is 4.46. The van der Waals surface area contributed by atoms with E-state index in [2.05, 4.69) is 0 Å². The largest absolute Gasteiger partial charge is 0.391 e. The van der Waals surface area contributed by atoms with Crippen LogP contribution in [0, 0.1) is 17.2 Å². The number of alkyl halides is 3. The number of anilines is 1. The Labute approximate surface area is 104 Å². The van der Waals surface area contributed by atoms with Gasteiger partial charge in [-0.2, -0.15) is 18.4 Å². The van der Waals surface area contributed by atoms with Gasteiger partial charge in [-0.15, -0.1) is 0 Å². The summed E-state index contributed by atoms with van der Waals surface area (Å²) >= 11 is 0. The third-order valence-electron chi connectivity index (χ3n) is 3.32. The van der Waals surface area contributed by atoms with Crippen LogP contribution in [0.1, 0.15) is 18.4 Å². The second kappa shape index (κ2) is 4.89. The van der Waals surface area contributed by atoms with Crippen LogP contribution in [0.15, 0.2) is 24.3 Å². The molecule has 0 radical (unpaired) electrons. The molecule has 18 heavy (non-hydrogen) atoms. The maximum absolute atomic E-state index is 12.5. The fraction of sp³-hybridized carbons (Fsp3) is 0.462. The Morgan fingerprint density at radius 2 is 1.67 bits per heavy atom. The fourth-order valence-electron chi connectivity index (χ4n) is 2.21. The first-order valence-corrected chi connectivity index (χ1v) is 5.82. The van der Waals surface area contributed by atoms with Gasteiger partial charge in [0, 0.05) is 18.8 Å². The molecule has 1 aromatic rings. The molecule has 1 aliphatic rings. The smallest absolute Gasteiger partial charge is 0.372 e. The molecule has 96 valence electrons. The highest BCUT2D eigenvalue weighted by molar-refractivity contribution is 5.49. The average Bonchev–Trinajstić information content (AvgIpc) is 2.38. The van der Waals surface area contributed by atoms with Crippen molar-refractivity contribution < 1.29 is 13.2 Å². The Bertz CT molecular complexity index is 437. The van der Waals surface area contributed by atoms with Crippen molar-refractivity contribution in [3.8, 4) is 6.07 Å². The number of nitrogens with zero attached hydrogens (tertiary/aromatic N) is 2. The normalized spacial score (nSPS) is 17.6. The highest BCUT2D eigenvalue weighted by atomic mass is 19.4. The molecule has 2 nitrogen and oxygen atoms in total. The molecule has 0 amide bonds. The van der Waals surface area contributed by atoms with Gasteiger partial charge in [-0.05, 0) is 37.1 Å². The van der Waals surface area contributed by atoms with Crippen molar-refractivity contribution in [3.05, 3.63) is 29.8 Å². The number of hydrogen-bond acceptors (Lipinski definition) is 2. The van der Waals surface area contributed by atoms with Crippen LogP contribution in [-0.2, 0) is 0 Å². The van der Waals surface area contributed by atoms with E-state index in [9.17, 15) is 13.2 Å². The summed E-state index contributed by atoms with van der Waals surface area (Å²) in [5, 5.41) is 8.67. The van der Waals surface area contributed by atoms with Crippen LogP contribution in [0.25, 0.3) is 0 Å². The van der Waals surface area contributed by atoms with Crippen molar-refractivity contribution in [1.82, 2.24) is 0 Å². The van der Waals surface area contributed by atoms with E-state index >= 15 is 0 Å². The summed E-state index contributed by atoms with van der Waals surface area (Å²) in [6.07, 6.45) is -3.79. The van der Waals surface area contributed by atoms with Gasteiger partial charge in [-0.25, -0.2) is 0 Å². The molecule has 0 unspecified atom stereocenters. The minimum atomic E-state index is -4.07. The third-order valence-corrected chi connectivity index (χ3v) is 3.32. The van der Waals surface area contributed by atoms with Gasteiger partial charge in [-0.3, -0.25) is 0 Å². The molecule has 1 saturated heterocycles. The highest BCUT2D eigenvalue weighted by Crippen LogP contribution is 2.35. The fourth-order valence-corrected chi connectivity index (χ4v) is 2.21. The van der Waals surface area contributed by atoms with Crippen LogP contribution in [0.4, 0.5) is 18.9 Å². The van der Waals surface area contributed by atoms with Gasteiger partial charge < -0.3 is 4.90 Å². The highest BCUT2D eigenvalue weighted by Gasteiger charge is 2.41. The molecule has 0 aromatic heterocycles. The topological polar surface area (TPSA) is 27.0 Å². The number of benzene rings is 1. The maximum Gasteiger partial charge on any atom is 0.391 e. The Morgan fingerprint density at radius 1 is 1.11 bits per heavy atom. The number of rotatable bonds is 1. The Hall–Kier alpha value is -1.70. The lowest BCUT2D eigenvalue weighted by Crippen LogP contribution is -2.38. The van der Waals surface area contributed by atoms with Gasteiger partial charge in [0.1, 0.15) is 0 Å². The summed E-state index contributed by atoms with van der Waals surface area (Å²) < 4.78 is 37.5. The lowest BCUT2D eigenvalue weighted by molar-refractivity contribution is -0.179. The van der Waals surface area contributed by atoms with Crippen molar-refractivity contribution in [3.63, 3.8) is 0 Å². The summed E-state index contributed by atoms with van der Waals surface area (Å²) in [5.74, 6) is -1.17. The molecule has 0 N–H and O–H groups in total. The summed E-state index contributed by atoms with van der Waals surface area (Å²) in [5.41, 5.74) is 1.44. The van der Waals surface area contributed by atoms with Crippen molar-refractivity contribution in [2.24, 2.45) is 5.92 Å². The molecule has 1 heterocycles. The number of piperidine rings is 1. The molecule has 0 bridgehead atoms. The molecular formula is C13H13F3N2. The van der Waals surface area contributed by atoms with E-state index in [1.807, 2.05) is 11.0 Å². The SMILES string of the molecule is N#Cc1ccc(N2CCC(C(F)(F)F)CC2)cc1. The third kappa shape index (κ3) is 2.76. The molecule has 1 aliphatic heterocycles. The molecule has 0 aliphatic carbocycles. The van der Waals surface area contributed by atoms with E-state index in [0.717, 1.165) is 5.69 Å². The van der Waals surface area contributed by atoms with Gasteiger partial charge >= 0.3 is 6.18 Å². The molecule has 0 spiro atoms. The van der Waals surface area contributed by atoms with Crippen LogP contribution in [0.2, 0.25) is 0 Å². The zero-order valence-corrected chi connectivity index (χ0v) is 9.74. The Balaban J connectivity index is 1.99. The van der Waals surface area contributed by atoms with Gasteiger partial charge in [0.15, 0.2) is 0 Å². The van der Waals surface area contributed by atoms with Gasteiger partial charge in [0.05, 0.1) is 17.6 Å². The van der Waals surface area contributed by atoms with Crippen molar-refractivity contribution in [1.29, 1.82) is 5.26 Å². The van der Waals surface area contributed by atoms with Crippen molar-refractivity contribution in [2.45, 2.75) is 19.0 Å². The first-order valence-electron chi connectivity index (χ1n) is 5.82. The summed E-state index contributed by atoms with van der Waals surface area (Å²) in [6.45, 7) is 0.826. The molecule has 5 heteroatoms. The maximum atomic E-state index is 12.5. The van der Waals surface area contributed by atoms with E-state index in [0.29, 0.717) is 18.7 Å². The van der Waals surface area contributed by atoms with Gasteiger partial charge in [-0.1, -0.05) is 0 Å². The summed E-state index contributed by atoms with van der Waals surface area (Å²) in [4.78, 5) is 1.93. The van der Waals surface area contributed by atoms with E-state index < -0.39 is 12.1 Å². The van der Waals surface area contributed by atoms with Crippen molar-refractivity contribution >= 4 is 5.69 Å². The second-order valence-corrected chi connectivity index (χ2v) is 4.46. The minimum Gasteiger partial charge on any atom is -0.372 e. The number of nitriles is 1. The minimum absolute atomic E-state index is 0.142. The number of halogens is 3. The summed E-state index contributed by atoms with van der Waals surface area (Å²) in [6, 6.07) is 8.96. The summed E-state index contributed by atoms with van der Waals surface area (Å²) in [7, 11) is 0. The molecule has 0 atom stereocenters. The average molecular weight is 254 g/mol. The quantitative estimate of drug-likeness (QED) is 0.768. The standard InChI is InChI=1S/C13H13F3N2/c14-13(15,16)11-5-7-18(8-6-11)12-3-1-10(9-17)2-4-12/h1-4,11H,5-8H2. The van der Waals surface area contributed by atoms with Crippen LogP contribution in [0.5, 0.6) is 0 Å². The monoisotopic (exact) mass is 254 g/mol. The molecule has 0 saturated carbocycles. The van der Waals surface area contributed by atoms with E-state index in [1.54, 1.807) is 24.3 Å². The van der Waals surface area contributed by atoms with Gasteiger partial charge in [0.2, 0.25) is 0 Å². The van der Waals surface area contributed by atoms with E-state index in [-0.39, 0.29) is 12.8 Å². The van der Waals surface area contributed by atoms with Crippen LogP contribution >= 0.6 is 0 Å². The number of hydrogen-bond donors (Lipinski definition) is 0. The van der Waals surface area contributed by atoms with Crippen LogP contribution in [0.3, 0.4) is 0 Å². The zero-order valence-electron chi connectivity index (χ0n) is 9.74. The first-order chi connectivity index (χ1) is 8.50. The first kappa shape index (κ1) is 12.7. The van der Waals surface area contributed by atoms with E-state index in [1.165, 1.54) is 0 Å². The zero-order chi connectivity index (χ0) is 13.2. The predicted molar refractivity (Wildman–Crippen MR) is 62.1 cm³/mol. The Kier molecular flexibility index (Phi) is 3.46. The lowest BCUT2D eigenvalue weighted by atomic mass is 9.96. The van der Waals surface area contributed by atoms with Gasteiger partial charge in [0.25, 0.3) is 0 Å². The van der Waals surface area contributed by atoms with Crippen LogP contribution in [-0.4, -0.2) is 19.3 Å². The Morgan fingerprint density at radius 3 is 2.11 bits per heavy atom. The molecule has 1 aromatic carbocycles. The molecule has 2 rings (SSSR count). The lowest BCUT2D eigenvalue weighted by Gasteiger charge is -2.34. The van der Waals surface area contributed by atoms with Crippen molar-refractivity contribution in [2.75, 3.05) is 18.0 Å². The van der Waals surface area contributed by atoms with Crippen LogP contribution < -0.4 is 4.90 Å². The predicted octanol–water partition coefficient (Wildman–Crippen LogP) is 3.34. The molecule has 1 fully saturated rings. The van der Waals surface area contributed by atoms with E-state index in [4.69, 9.17) is 5.26 Å². The molecular weight excluding hydrogens is 241 g/mol.